The third-order valence-corrected chi connectivity index (χ3v) is 6.74. The van der Waals surface area contributed by atoms with Gasteiger partial charge in [0.2, 0.25) is 11.8 Å². The summed E-state index contributed by atoms with van der Waals surface area (Å²) in [7, 11) is 0. The molecule has 0 bridgehead atoms. The molecular weight excluding hydrogens is 448 g/mol. The van der Waals surface area contributed by atoms with E-state index in [4.69, 9.17) is 0 Å². The Hall–Kier alpha value is -3.14. The number of hydrogen-bond acceptors (Lipinski definition) is 6. The Balaban J connectivity index is 1.74. The predicted molar refractivity (Wildman–Crippen MR) is 134 cm³/mol. The first-order valence-electron chi connectivity index (χ1n) is 12.5. The van der Waals surface area contributed by atoms with Crippen molar-refractivity contribution in [2.24, 2.45) is 5.92 Å². The van der Waals surface area contributed by atoms with Crippen LogP contribution in [0.15, 0.2) is 10.9 Å². The molecule has 1 saturated heterocycles. The summed E-state index contributed by atoms with van der Waals surface area (Å²) in [4.78, 5) is 43.4. The SMILES string of the molecule is CCN1CCN(C(=O)/C=C/c2c(C)nn3c(O)c(C(=O)NC4CC4)c(=O)n(CC(C)C)c23)[C@@H](C)C1. The summed E-state index contributed by atoms with van der Waals surface area (Å²) < 4.78 is 2.73. The summed E-state index contributed by atoms with van der Waals surface area (Å²) in [6, 6.07) is 0.141. The average molecular weight is 485 g/mol. The van der Waals surface area contributed by atoms with E-state index in [1.807, 2.05) is 25.7 Å². The molecule has 0 unspecified atom stereocenters. The molecule has 1 atom stereocenters. The maximum atomic E-state index is 13.4. The molecule has 2 amide bonds. The van der Waals surface area contributed by atoms with Crippen LogP contribution in [0.2, 0.25) is 0 Å². The van der Waals surface area contributed by atoms with Gasteiger partial charge in [0.25, 0.3) is 11.5 Å². The van der Waals surface area contributed by atoms with Crippen LogP contribution in [-0.2, 0) is 11.3 Å². The van der Waals surface area contributed by atoms with Gasteiger partial charge in [-0.05, 0) is 45.2 Å². The van der Waals surface area contributed by atoms with Gasteiger partial charge in [-0.25, -0.2) is 0 Å². The molecule has 4 rings (SSSR count). The molecule has 2 fully saturated rings. The molecule has 2 aromatic heterocycles. The second-order valence-electron chi connectivity index (χ2n) is 10.1. The van der Waals surface area contributed by atoms with Crippen molar-refractivity contribution in [2.75, 3.05) is 26.2 Å². The van der Waals surface area contributed by atoms with Crippen molar-refractivity contribution in [3.63, 3.8) is 0 Å². The maximum Gasteiger partial charge on any atom is 0.270 e. The number of hydrogen-bond donors (Lipinski definition) is 2. The van der Waals surface area contributed by atoms with Crippen LogP contribution >= 0.6 is 0 Å². The second-order valence-corrected chi connectivity index (χ2v) is 10.1. The van der Waals surface area contributed by atoms with E-state index < -0.39 is 17.3 Å². The van der Waals surface area contributed by atoms with Gasteiger partial charge in [-0.2, -0.15) is 9.61 Å². The van der Waals surface area contributed by atoms with E-state index in [0.717, 1.165) is 32.5 Å². The maximum absolute atomic E-state index is 13.4. The molecule has 2 aliphatic rings. The highest BCUT2D eigenvalue weighted by atomic mass is 16.3. The summed E-state index contributed by atoms with van der Waals surface area (Å²) in [6.45, 7) is 13.5. The molecule has 0 spiro atoms. The molecule has 0 radical (unpaired) electrons. The van der Waals surface area contributed by atoms with E-state index in [1.54, 1.807) is 13.0 Å². The summed E-state index contributed by atoms with van der Waals surface area (Å²) in [6.07, 6.45) is 4.91. The number of rotatable bonds is 7. The molecule has 35 heavy (non-hydrogen) atoms. The molecule has 10 nitrogen and oxygen atoms in total. The van der Waals surface area contributed by atoms with Crippen molar-refractivity contribution in [1.29, 1.82) is 0 Å². The molecular formula is C25H36N6O4. The van der Waals surface area contributed by atoms with Crippen molar-refractivity contribution in [3.05, 3.63) is 33.3 Å². The normalized spacial score (nSPS) is 19.3. The Morgan fingerprint density at radius 3 is 2.57 bits per heavy atom. The molecule has 1 aliphatic heterocycles. The fourth-order valence-corrected chi connectivity index (χ4v) is 4.68. The molecule has 2 aromatic rings. The number of carbonyl (C=O) groups is 2. The molecule has 3 heterocycles. The van der Waals surface area contributed by atoms with Crippen LogP contribution in [0.25, 0.3) is 11.7 Å². The summed E-state index contributed by atoms with van der Waals surface area (Å²) in [5, 5.41) is 18.1. The van der Waals surface area contributed by atoms with Gasteiger partial charge >= 0.3 is 0 Å². The van der Waals surface area contributed by atoms with Crippen LogP contribution in [0.1, 0.15) is 62.2 Å². The number of fused-ring (bicyclic) bond motifs is 1. The molecule has 10 heteroatoms. The van der Waals surface area contributed by atoms with Crippen LogP contribution in [0, 0.1) is 12.8 Å². The average Bonchev–Trinajstić information content (AvgIpc) is 3.55. The minimum absolute atomic E-state index is 0.0426. The smallest absolute Gasteiger partial charge is 0.270 e. The highest BCUT2D eigenvalue weighted by molar-refractivity contribution is 5.97. The molecule has 1 saturated carbocycles. The molecule has 2 N–H and O–H groups in total. The highest BCUT2D eigenvalue weighted by Gasteiger charge is 2.30. The van der Waals surface area contributed by atoms with Crippen molar-refractivity contribution in [3.8, 4) is 5.88 Å². The van der Waals surface area contributed by atoms with Gasteiger partial charge in [0, 0.05) is 49.9 Å². The Bertz CT molecular complexity index is 1220. The summed E-state index contributed by atoms with van der Waals surface area (Å²) in [5.74, 6) is -1.07. The lowest BCUT2D eigenvalue weighted by atomic mass is 10.1. The zero-order valence-electron chi connectivity index (χ0n) is 21.2. The zero-order chi connectivity index (χ0) is 25.4. The van der Waals surface area contributed by atoms with Gasteiger partial charge in [0.15, 0.2) is 5.56 Å². The summed E-state index contributed by atoms with van der Waals surface area (Å²) >= 11 is 0. The lowest BCUT2D eigenvalue weighted by molar-refractivity contribution is -0.130. The van der Waals surface area contributed by atoms with E-state index >= 15 is 0 Å². The van der Waals surface area contributed by atoms with Crippen molar-refractivity contribution in [1.82, 2.24) is 29.3 Å². The lowest BCUT2D eigenvalue weighted by Gasteiger charge is -2.39. The van der Waals surface area contributed by atoms with E-state index in [0.29, 0.717) is 30.0 Å². The van der Waals surface area contributed by atoms with Gasteiger partial charge in [0.05, 0.1) is 5.69 Å². The first-order valence-corrected chi connectivity index (χ1v) is 12.5. The van der Waals surface area contributed by atoms with E-state index in [9.17, 15) is 19.5 Å². The first-order chi connectivity index (χ1) is 16.6. The third-order valence-electron chi connectivity index (χ3n) is 6.74. The van der Waals surface area contributed by atoms with Gasteiger partial charge in [-0.3, -0.25) is 23.9 Å². The largest absolute Gasteiger partial charge is 0.492 e. The van der Waals surface area contributed by atoms with Crippen LogP contribution in [0.5, 0.6) is 5.88 Å². The first kappa shape index (κ1) is 25.0. The topological polar surface area (TPSA) is 112 Å². The fraction of sp³-hybridized carbons (Fsp3) is 0.600. The molecule has 0 aromatic carbocycles. The fourth-order valence-electron chi connectivity index (χ4n) is 4.68. The predicted octanol–water partition coefficient (Wildman–Crippen LogP) is 1.62. The van der Waals surface area contributed by atoms with Gasteiger partial charge in [-0.1, -0.05) is 20.8 Å². The van der Waals surface area contributed by atoms with E-state index in [-0.39, 0.29) is 29.5 Å². The number of likely N-dealkylation sites (N-methyl/N-ethyl adjacent to an activating group) is 1. The minimum Gasteiger partial charge on any atom is -0.492 e. The Labute approximate surface area is 205 Å². The van der Waals surface area contributed by atoms with Crippen LogP contribution < -0.4 is 10.9 Å². The monoisotopic (exact) mass is 484 g/mol. The third kappa shape index (κ3) is 4.98. The van der Waals surface area contributed by atoms with Gasteiger partial charge < -0.3 is 15.3 Å². The van der Waals surface area contributed by atoms with Gasteiger partial charge in [0.1, 0.15) is 5.65 Å². The second kappa shape index (κ2) is 9.85. The van der Waals surface area contributed by atoms with E-state index in [1.165, 1.54) is 15.2 Å². The Morgan fingerprint density at radius 1 is 1.26 bits per heavy atom. The number of nitrogens with zero attached hydrogens (tertiary/aromatic N) is 5. The Kier molecular flexibility index (Phi) is 7.02. The number of nitrogens with one attached hydrogen (secondary N) is 1. The summed E-state index contributed by atoms with van der Waals surface area (Å²) in [5.41, 5.74) is 0.619. The number of carbonyl (C=O) groups excluding carboxylic acids is 2. The van der Waals surface area contributed by atoms with Crippen LogP contribution in [0.4, 0.5) is 0 Å². The van der Waals surface area contributed by atoms with Crippen LogP contribution in [-0.4, -0.2) is 79.2 Å². The molecule has 190 valence electrons. The number of aryl methyl sites for hydroxylation is 1. The van der Waals surface area contributed by atoms with Crippen molar-refractivity contribution < 1.29 is 14.7 Å². The number of aromatic hydroxyl groups is 1. The van der Waals surface area contributed by atoms with Crippen LogP contribution in [0.3, 0.4) is 0 Å². The Morgan fingerprint density at radius 2 is 1.97 bits per heavy atom. The number of aromatic nitrogens is 3. The van der Waals surface area contributed by atoms with Gasteiger partial charge in [-0.15, -0.1) is 0 Å². The standard InChI is InChI=1S/C25H36N6O4/c1-6-28-11-12-29(16(4)14-28)20(32)10-9-19-17(5)27-31-23(19)30(13-15(2)3)24(34)21(25(31)35)22(33)26-18-7-8-18/h9-10,15-16,18,35H,6-8,11-14H2,1-5H3,(H,26,33)/b10-9+/t16-/m0/s1. The zero-order valence-corrected chi connectivity index (χ0v) is 21.2. The highest BCUT2D eigenvalue weighted by Crippen LogP contribution is 2.25. The quantitative estimate of drug-likeness (QED) is 0.578. The van der Waals surface area contributed by atoms with E-state index in [2.05, 4.69) is 22.2 Å². The number of piperazine rings is 1. The lowest BCUT2D eigenvalue weighted by Crippen LogP contribution is -2.53. The number of amides is 2. The minimum atomic E-state index is -0.588. The molecule has 1 aliphatic carbocycles. The van der Waals surface area contributed by atoms with Crippen molar-refractivity contribution >= 4 is 23.5 Å². The van der Waals surface area contributed by atoms with Crippen molar-refractivity contribution in [2.45, 2.75) is 66.1 Å².